The molecule has 1 heterocycles. The zero-order valence-electron chi connectivity index (χ0n) is 22.6. The third-order valence-corrected chi connectivity index (χ3v) is 9.83. The van der Waals surface area contributed by atoms with E-state index in [2.05, 4.69) is 147 Å². The molecule has 0 saturated heterocycles. The second-order valence-electron chi connectivity index (χ2n) is 11.4. The summed E-state index contributed by atoms with van der Waals surface area (Å²) in [6.45, 7) is 4.70. The highest BCUT2D eigenvalue weighted by Crippen LogP contribution is 2.49. The molecule has 1 aliphatic carbocycles. The van der Waals surface area contributed by atoms with Crippen LogP contribution in [0.5, 0.6) is 0 Å². The lowest BCUT2D eigenvalue weighted by atomic mass is 9.81. The average molecular weight is 529 g/mol. The highest BCUT2D eigenvalue weighted by molar-refractivity contribution is 7.25. The minimum absolute atomic E-state index is 0.0132. The van der Waals surface area contributed by atoms with E-state index in [1.165, 1.54) is 75.8 Å². The minimum atomic E-state index is 0.0132. The summed E-state index contributed by atoms with van der Waals surface area (Å²) in [5, 5.41) is 2.67. The number of fused-ring (bicyclic) bond motifs is 6. The molecule has 40 heavy (non-hydrogen) atoms. The van der Waals surface area contributed by atoms with Crippen LogP contribution in [0.4, 0.5) is 0 Å². The first kappa shape index (κ1) is 23.4. The van der Waals surface area contributed by atoms with Crippen molar-refractivity contribution in [1.82, 2.24) is 0 Å². The number of hydrogen-bond donors (Lipinski definition) is 0. The van der Waals surface area contributed by atoms with Crippen molar-refractivity contribution in [2.45, 2.75) is 19.3 Å². The van der Waals surface area contributed by atoms with Gasteiger partial charge >= 0.3 is 0 Å². The number of rotatable bonds is 3. The Labute approximate surface area is 239 Å². The van der Waals surface area contributed by atoms with E-state index < -0.39 is 0 Å². The molecule has 1 aliphatic rings. The molecule has 0 spiro atoms. The van der Waals surface area contributed by atoms with Crippen molar-refractivity contribution >= 4 is 31.5 Å². The van der Waals surface area contributed by atoms with Gasteiger partial charge in [-0.3, -0.25) is 0 Å². The molecule has 0 aliphatic heterocycles. The van der Waals surface area contributed by atoms with E-state index >= 15 is 0 Å². The van der Waals surface area contributed by atoms with Crippen LogP contribution in [0.25, 0.3) is 64.7 Å². The highest BCUT2D eigenvalue weighted by atomic mass is 32.1. The van der Waals surface area contributed by atoms with Crippen LogP contribution >= 0.6 is 11.3 Å². The molecule has 6 aromatic carbocycles. The topological polar surface area (TPSA) is 0 Å². The molecule has 0 saturated carbocycles. The van der Waals surface area contributed by atoms with E-state index in [9.17, 15) is 0 Å². The highest BCUT2D eigenvalue weighted by Gasteiger charge is 2.35. The van der Waals surface area contributed by atoms with E-state index in [0.717, 1.165) is 0 Å². The van der Waals surface area contributed by atoms with Crippen LogP contribution in [-0.4, -0.2) is 0 Å². The van der Waals surface area contributed by atoms with Crippen molar-refractivity contribution in [3.05, 3.63) is 145 Å². The van der Waals surface area contributed by atoms with E-state index in [-0.39, 0.29) is 5.41 Å². The molecule has 0 unspecified atom stereocenters. The van der Waals surface area contributed by atoms with Gasteiger partial charge in [0.05, 0.1) is 0 Å². The molecule has 0 bridgehead atoms. The molecule has 190 valence electrons. The molecule has 1 heteroatoms. The third kappa shape index (κ3) is 3.58. The fourth-order valence-electron chi connectivity index (χ4n) is 6.51. The van der Waals surface area contributed by atoms with Crippen LogP contribution < -0.4 is 0 Å². The summed E-state index contributed by atoms with van der Waals surface area (Å²) in [5.74, 6) is 0. The van der Waals surface area contributed by atoms with Crippen molar-refractivity contribution in [2.24, 2.45) is 0 Å². The summed E-state index contributed by atoms with van der Waals surface area (Å²) in [6.07, 6.45) is 0. The van der Waals surface area contributed by atoms with E-state index in [1.807, 2.05) is 11.3 Å². The van der Waals surface area contributed by atoms with Gasteiger partial charge in [0.25, 0.3) is 0 Å². The number of thiophene rings is 1. The molecule has 1 aromatic heterocycles. The standard InChI is InChI=1S/C39H28S/c1-39(2)35-11-7-6-10-31(35)32-19-16-28(22-36(32)39)30-18-21-34-33-20-17-29(23-37(33)40-38(34)24-30)27-14-12-26(13-15-27)25-8-4-3-5-9-25/h3-24H,1-2H3. The SMILES string of the molecule is CC1(C)c2ccccc2-c2ccc(-c3ccc4c(c3)sc3cc(-c5ccc(-c6ccccc6)cc5)ccc34)cc21. The summed E-state index contributed by atoms with van der Waals surface area (Å²) >= 11 is 1.89. The Bertz CT molecular complexity index is 2060. The van der Waals surface area contributed by atoms with Crippen molar-refractivity contribution in [3.8, 4) is 44.5 Å². The van der Waals surface area contributed by atoms with Crippen molar-refractivity contribution in [3.63, 3.8) is 0 Å². The Morgan fingerprint density at radius 3 is 1.57 bits per heavy atom. The molecule has 0 radical (unpaired) electrons. The van der Waals surface area contributed by atoms with Crippen LogP contribution in [0.3, 0.4) is 0 Å². The molecule has 8 rings (SSSR count). The monoisotopic (exact) mass is 528 g/mol. The maximum atomic E-state index is 2.42. The van der Waals surface area contributed by atoms with Gasteiger partial charge in [-0.05, 0) is 73.8 Å². The fourth-order valence-corrected chi connectivity index (χ4v) is 7.69. The summed E-state index contributed by atoms with van der Waals surface area (Å²) in [7, 11) is 0. The molecular weight excluding hydrogens is 500 g/mol. The first-order chi connectivity index (χ1) is 19.6. The van der Waals surface area contributed by atoms with Gasteiger partial charge in [0.2, 0.25) is 0 Å². The fraction of sp³-hybridized carbons (Fsp3) is 0.0769. The van der Waals surface area contributed by atoms with E-state index in [0.29, 0.717) is 0 Å². The summed E-state index contributed by atoms with van der Waals surface area (Å²) in [5.41, 5.74) is 13.2. The van der Waals surface area contributed by atoms with Crippen LogP contribution in [0.15, 0.2) is 133 Å². The lowest BCUT2D eigenvalue weighted by Gasteiger charge is -2.22. The van der Waals surface area contributed by atoms with Gasteiger partial charge in [-0.1, -0.05) is 129 Å². The maximum absolute atomic E-state index is 2.42. The van der Waals surface area contributed by atoms with Gasteiger partial charge in [-0.2, -0.15) is 0 Å². The predicted molar refractivity (Wildman–Crippen MR) is 173 cm³/mol. The largest absolute Gasteiger partial charge is 0.135 e. The van der Waals surface area contributed by atoms with Crippen molar-refractivity contribution in [1.29, 1.82) is 0 Å². The molecule has 0 amide bonds. The zero-order valence-corrected chi connectivity index (χ0v) is 23.4. The Morgan fingerprint density at radius 2 is 0.875 bits per heavy atom. The van der Waals surface area contributed by atoms with E-state index in [4.69, 9.17) is 0 Å². The quantitative estimate of drug-likeness (QED) is 0.214. The van der Waals surface area contributed by atoms with E-state index in [1.54, 1.807) is 0 Å². The Kier molecular flexibility index (Phi) is 5.14. The summed E-state index contributed by atoms with van der Waals surface area (Å²) in [6, 6.07) is 49.3. The zero-order chi connectivity index (χ0) is 26.8. The lowest BCUT2D eigenvalue weighted by molar-refractivity contribution is 0.660. The normalized spacial score (nSPS) is 13.4. The second kappa shape index (κ2) is 8.78. The summed E-state index contributed by atoms with van der Waals surface area (Å²) < 4.78 is 2.68. The van der Waals surface area contributed by atoms with Gasteiger partial charge in [-0.25, -0.2) is 0 Å². The van der Waals surface area contributed by atoms with Crippen LogP contribution in [0.2, 0.25) is 0 Å². The minimum Gasteiger partial charge on any atom is -0.135 e. The molecule has 0 nitrogen and oxygen atoms in total. The van der Waals surface area contributed by atoms with Crippen molar-refractivity contribution in [2.75, 3.05) is 0 Å². The Morgan fingerprint density at radius 1 is 0.400 bits per heavy atom. The molecule has 0 atom stereocenters. The second-order valence-corrected chi connectivity index (χ2v) is 12.5. The number of hydrogen-bond acceptors (Lipinski definition) is 1. The first-order valence-corrected chi connectivity index (χ1v) is 14.7. The van der Waals surface area contributed by atoms with Gasteiger partial charge < -0.3 is 0 Å². The number of benzene rings is 6. The predicted octanol–water partition coefficient (Wildman–Crippen LogP) is 11.4. The first-order valence-electron chi connectivity index (χ1n) is 13.9. The molecule has 0 N–H and O–H groups in total. The molecule has 7 aromatic rings. The van der Waals surface area contributed by atoms with Crippen molar-refractivity contribution < 1.29 is 0 Å². The van der Waals surface area contributed by atoms with Gasteiger partial charge in [0.1, 0.15) is 0 Å². The third-order valence-electron chi connectivity index (χ3n) is 8.72. The maximum Gasteiger partial charge on any atom is 0.0361 e. The Balaban J connectivity index is 1.16. The smallest absolute Gasteiger partial charge is 0.0361 e. The average Bonchev–Trinajstić information content (AvgIpc) is 3.48. The van der Waals surface area contributed by atoms with Gasteiger partial charge in [0.15, 0.2) is 0 Å². The van der Waals surface area contributed by atoms with Crippen LogP contribution in [0, 0.1) is 0 Å². The van der Waals surface area contributed by atoms with Crippen LogP contribution in [-0.2, 0) is 5.41 Å². The van der Waals surface area contributed by atoms with Gasteiger partial charge in [0, 0.05) is 25.6 Å². The lowest BCUT2D eigenvalue weighted by Crippen LogP contribution is -2.14. The molecule has 0 fully saturated rings. The van der Waals surface area contributed by atoms with Crippen LogP contribution in [0.1, 0.15) is 25.0 Å². The summed E-state index contributed by atoms with van der Waals surface area (Å²) in [4.78, 5) is 0. The van der Waals surface area contributed by atoms with Gasteiger partial charge in [-0.15, -0.1) is 11.3 Å². The molecular formula is C39H28S. The Hall–Kier alpha value is -4.46.